The van der Waals surface area contributed by atoms with Crippen LogP contribution in [0, 0.1) is 10.1 Å². The first-order valence-corrected chi connectivity index (χ1v) is 7.94. The van der Waals surface area contributed by atoms with Crippen LogP contribution in [0.3, 0.4) is 0 Å². The predicted octanol–water partition coefficient (Wildman–Crippen LogP) is 2.53. The van der Waals surface area contributed by atoms with Gasteiger partial charge < -0.3 is 15.4 Å². The Morgan fingerprint density at radius 3 is 2.42 bits per heavy atom. The maximum Gasteiger partial charge on any atom is 0.311 e. The fraction of sp³-hybridized carbons (Fsp3) is 0.222. The standard InChI is InChI=1S/C18H19N3O5/c1-3-12-4-7-14(8-5-12)20-17(22)11-19-18(23)13-6-9-16(26-2)15(10-13)21(24)25/h4-10H,3,11H2,1-2H3,(H,19,23)(H,20,22). The molecular weight excluding hydrogens is 338 g/mol. The number of nitrogens with zero attached hydrogens (tertiary/aromatic N) is 1. The lowest BCUT2D eigenvalue weighted by atomic mass is 10.1. The van der Waals surface area contributed by atoms with Crippen LogP contribution in [-0.4, -0.2) is 30.4 Å². The van der Waals surface area contributed by atoms with Gasteiger partial charge in [0.15, 0.2) is 5.75 Å². The minimum Gasteiger partial charge on any atom is -0.490 e. The summed E-state index contributed by atoms with van der Waals surface area (Å²) in [4.78, 5) is 34.4. The quantitative estimate of drug-likeness (QED) is 0.584. The number of nitrogens with one attached hydrogen (secondary N) is 2. The summed E-state index contributed by atoms with van der Waals surface area (Å²) >= 11 is 0. The van der Waals surface area contributed by atoms with Gasteiger partial charge >= 0.3 is 5.69 Å². The summed E-state index contributed by atoms with van der Waals surface area (Å²) in [6.07, 6.45) is 0.901. The second-order valence-corrected chi connectivity index (χ2v) is 5.43. The second-order valence-electron chi connectivity index (χ2n) is 5.43. The zero-order valence-electron chi connectivity index (χ0n) is 14.4. The molecule has 0 fully saturated rings. The Morgan fingerprint density at radius 2 is 1.85 bits per heavy atom. The average molecular weight is 357 g/mol. The molecule has 0 aliphatic heterocycles. The van der Waals surface area contributed by atoms with E-state index in [2.05, 4.69) is 10.6 Å². The molecule has 8 nitrogen and oxygen atoms in total. The SMILES string of the molecule is CCc1ccc(NC(=O)CNC(=O)c2ccc(OC)c([N+](=O)[O-])c2)cc1. The van der Waals surface area contributed by atoms with Crippen molar-refractivity contribution < 1.29 is 19.2 Å². The Bertz CT molecular complexity index is 818. The Labute approximate surface area is 150 Å². The van der Waals surface area contributed by atoms with Gasteiger partial charge in [0.05, 0.1) is 18.6 Å². The van der Waals surface area contributed by atoms with Gasteiger partial charge in [0.2, 0.25) is 5.91 Å². The lowest BCUT2D eigenvalue weighted by Crippen LogP contribution is -2.32. The number of amides is 2. The fourth-order valence-electron chi connectivity index (χ4n) is 2.27. The molecule has 0 unspecified atom stereocenters. The summed E-state index contributed by atoms with van der Waals surface area (Å²) in [7, 11) is 1.31. The van der Waals surface area contributed by atoms with E-state index in [4.69, 9.17) is 4.74 Å². The van der Waals surface area contributed by atoms with E-state index in [0.717, 1.165) is 18.1 Å². The molecule has 0 saturated carbocycles. The number of carbonyl (C=O) groups excluding carboxylic acids is 2. The highest BCUT2D eigenvalue weighted by Crippen LogP contribution is 2.27. The summed E-state index contributed by atoms with van der Waals surface area (Å²) in [5.74, 6) is -0.933. The van der Waals surface area contributed by atoms with Crippen molar-refractivity contribution >= 4 is 23.2 Å². The van der Waals surface area contributed by atoms with Gasteiger partial charge in [-0.25, -0.2) is 0 Å². The van der Waals surface area contributed by atoms with Gasteiger partial charge in [-0.1, -0.05) is 19.1 Å². The van der Waals surface area contributed by atoms with Gasteiger partial charge in [-0.3, -0.25) is 19.7 Å². The number of rotatable bonds is 7. The van der Waals surface area contributed by atoms with E-state index in [-0.39, 0.29) is 23.5 Å². The number of methoxy groups -OCH3 is 1. The first kappa shape index (κ1) is 18.9. The normalized spacial score (nSPS) is 10.1. The van der Waals surface area contributed by atoms with E-state index >= 15 is 0 Å². The number of aryl methyl sites for hydroxylation is 1. The molecule has 26 heavy (non-hydrogen) atoms. The lowest BCUT2D eigenvalue weighted by molar-refractivity contribution is -0.385. The van der Waals surface area contributed by atoms with Gasteiger partial charge in [0, 0.05) is 17.3 Å². The highest BCUT2D eigenvalue weighted by Gasteiger charge is 2.18. The van der Waals surface area contributed by atoms with Gasteiger partial charge in [-0.05, 0) is 36.2 Å². The number of hydrogen-bond donors (Lipinski definition) is 2. The van der Waals surface area contributed by atoms with Crippen LogP contribution in [-0.2, 0) is 11.2 Å². The topological polar surface area (TPSA) is 111 Å². The maximum atomic E-state index is 12.1. The van der Waals surface area contributed by atoms with Crippen molar-refractivity contribution in [2.75, 3.05) is 19.0 Å². The first-order valence-electron chi connectivity index (χ1n) is 7.94. The number of nitro benzene ring substituents is 1. The van der Waals surface area contributed by atoms with Gasteiger partial charge in [0.1, 0.15) is 0 Å². The van der Waals surface area contributed by atoms with Crippen molar-refractivity contribution in [1.82, 2.24) is 5.32 Å². The number of carbonyl (C=O) groups is 2. The van der Waals surface area contributed by atoms with Crippen molar-refractivity contribution in [2.24, 2.45) is 0 Å². The second kappa shape index (κ2) is 8.61. The zero-order chi connectivity index (χ0) is 19.1. The van der Waals surface area contributed by atoms with Crippen molar-refractivity contribution in [2.45, 2.75) is 13.3 Å². The van der Waals surface area contributed by atoms with Crippen molar-refractivity contribution in [3.63, 3.8) is 0 Å². The third-order valence-corrected chi connectivity index (χ3v) is 3.69. The third-order valence-electron chi connectivity index (χ3n) is 3.69. The zero-order valence-corrected chi connectivity index (χ0v) is 14.4. The molecule has 0 bridgehead atoms. The van der Waals surface area contributed by atoms with Crippen LogP contribution in [0.25, 0.3) is 0 Å². The van der Waals surface area contributed by atoms with E-state index in [1.807, 2.05) is 19.1 Å². The van der Waals surface area contributed by atoms with Crippen LogP contribution >= 0.6 is 0 Å². The molecule has 136 valence electrons. The Hall–Kier alpha value is -3.42. The third kappa shape index (κ3) is 4.79. The molecule has 2 aromatic carbocycles. The van der Waals surface area contributed by atoms with Gasteiger partial charge in [-0.15, -0.1) is 0 Å². The summed E-state index contributed by atoms with van der Waals surface area (Å²) in [6.45, 7) is 1.78. The predicted molar refractivity (Wildman–Crippen MR) is 96.4 cm³/mol. The molecule has 0 aliphatic carbocycles. The maximum absolute atomic E-state index is 12.1. The van der Waals surface area contributed by atoms with Gasteiger partial charge in [0.25, 0.3) is 5.91 Å². The van der Waals surface area contributed by atoms with E-state index in [0.29, 0.717) is 5.69 Å². The minimum atomic E-state index is -0.637. The molecule has 2 amide bonds. The molecule has 0 atom stereocenters. The fourth-order valence-corrected chi connectivity index (χ4v) is 2.27. The van der Waals surface area contributed by atoms with Gasteiger partial charge in [-0.2, -0.15) is 0 Å². The van der Waals surface area contributed by atoms with Crippen molar-refractivity contribution in [1.29, 1.82) is 0 Å². The average Bonchev–Trinajstić information content (AvgIpc) is 2.66. The number of ether oxygens (including phenoxy) is 1. The van der Waals surface area contributed by atoms with Crippen LogP contribution in [0.2, 0.25) is 0 Å². The Balaban J connectivity index is 1.96. The number of benzene rings is 2. The number of anilines is 1. The first-order chi connectivity index (χ1) is 12.4. The van der Waals surface area contributed by atoms with E-state index < -0.39 is 16.7 Å². The molecule has 2 N–H and O–H groups in total. The smallest absolute Gasteiger partial charge is 0.311 e. The molecule has 0 radical (unpaired) electrons. The highest BCUT2D eigenvalue weighted by atomic mass is 16.6. The molecule has 2 aromatic rings. The molecule has 0 heterocycles. The summed E-state index contributed by atoms with van der Waals surface area (Å²) in [5.41, 5.74) is 1.53. The van der Waals surface area contributed by atoms with E-state index in [9.17, 15) is 19.7 Å². The van der Waals surface area contributed by atoms with Crippen LogP contribution in [0.5, 0.6) is 5.75 Å². The van der Waals surface area contributed by atoms with Crippen LogP contribution in [0.15, 0.2) is 42.5 Å². The monoisotopic (exact) mass is 357 g/mol. The Kier molecular flexibility index (Phi) is 6.26. The molecule has 8 heteroatoms. The van der Waals surface area contributed by atoms with Crippen molar-refractivity contribution in [3.8, 4) is 5.75 Å². The summed E-state index contributed by atoms with van der Waals surface area (Å²) < 4.78 is 4.88. The lowest BCUT2D eigenvalue weighted by Gasteiger charge is -2.08. The summed E-state index contributed by atoms with van der Waals surface area (Å²) in [5, 5.41) is 16.1. The largest absolute Gasteiger partial charge is 0.490 e. The van der Waals surface area contributed by atoms with E-state index in [1.165, 1.54) is 19.2 Å². The molecule has 0 aliphatic rings. The summed E-state index contributed by atoms with van der Waals surface area (Å²) in [6, 6.07) is 11.2. The van der Waals surface area contributed by atoms with E-state index in [1.54, 1.807) is 12.1 Å². The number of nitro groups is 1. The van der Waals surface area contributed by atoms with Crippen molar-refractivity contribution in [3.05, 3.63) is 63.7 Å². The molecule has 2 rings (SSSR count). The van der Waals surface area contributed by atoms with Crippen LogP contribution in [0.1, 0.15) is 22.8 Å². The molecular formula is C18H19N3O5. The molecule has 0 spiro atoms. The molecule has 0 saturated heterocycles. The Morgan fingerprint density at radius 1 is 1.15 bits per heavy atom. The minimum absolute atomic E-state index is 0.0554. The van der Waals surface area contributed by atoms with Crippen LogP contribution in [0.4, 0.5) is 11.4 Å². The molecule has 0 aromatic heterocycles. The number of hydrogen-bond acceptors (Lipinski definition) is 5. The van der Waals surface area contributed by atoms with Crippen LogP contribution < -0.4 is 15.4 Å². The highest BCUT2D eigenvalue weighted by molar-refractivity contribution is 5.99.